The van der Waals surface area contributed by atoms with E-state index in [1.165, 1.54) is 31.2 Å². The van der Waals surface area contributed by atoms with Gasteiger partial charge in [0.25, 0.3) is 0 Å². The lowest BCUT2D eigenvalue weighted by atomic mass is 10.1. The van der Waals surface area contributed by atoms with Gasteiger partial charge in [-0.2, -0.15) is 28.8 Å². The van der Waals surface area contributed by atoms with Crippen molar-refractivity contribution in [1.82, 2.24) is 4.90 Å². The van der Waals surface area contributed by atoms with Crippen molar-refractivity contribution in [2.24, 2.45) is 5.10 Å². The third-order valence-corrected chi connectivity index (χ3v) is 3.88. The minimum absolute atomic E-state index is 0.00597. The molecule has 1 aliphatic heterocycles. The van der Waals surface area contributed by atoms with Crippen molar-refractivity contribution < 1.29 is 18.0 Å². The second-order valence-electron chi connectivity index (χ2n) is 5.52. The van der Waals surface area contributed by atoms with Crippen LogP contribution in [0.2, 0.25) is 0 Å². The Balaban J connectivity index is 2.28. The maximum absolute atomic E-state index is 13.5. The quantitative estimate of drug-likeness (QED) is 0.655. The van der Waals surface area contributed by atoms with E-state index in [0.29, 0.717) is 26.2 Å². The van der Waals surface area contributed by atoms with E-state index in [4.69, 9.17) is 10.5 Å². The number of halogens is 3. The van der Waals surface area contributed by atoms with Gasteiger partial charge in [0, 0.05) is 38.8 Å². The Labute approximate surface area is 147 Å². The van der Waals surface area contributed by atoms with Crippen LogP contribution in [0.4, 0.5) is 24.5 Å². The van der Waals surface area contributed by atoms with Crippen LogP contribution in [0, 0.1) is 22.7 Å². The molecule has 1 saturated heterocycles. The fraction of sp³-hybridized carbons (Fsp3) is 0.375. The number of benzene rings is 1. The average Bonchev–Trinajstić information content (AvgIpc) is 2.62. The van der Waals surface area contributed by atoms with Gasteiger partial charge in [-0.05, 0) is 18.2 Å². The number of nitriles is 2. The number of alkyl halides is 3. The highest BCUT2D eigenvalue weighted by Gasteiger charge is 2.36. The van der Waals surface area contributed by atoms with E-state index in [1.807, 2.05) is 0 Å². The first kappa shape index (κ1) is 19.1. The van der Waals surface area contributed by atoms with Crippen molar-refractivity contribution in [3.05, 3.63) is 23.8 Å². The number of rotatable bonds is 3. The van der Waals surface area contributed by atoms with Gasteiger partial charge in [-0.3, -0.25) is 10.2 Å². The lowest BCUT2D eigenvalue weighted by Crippen LogP contribution is -2.48. The number of carbonyl (C=O) groups excluding carboxylic acids is 1. The zero-order valence-corrected chi connectivity index (χ0v) is 13.8. The smallest absolute Gasteiger partial charge is 0.367 e. The summed E-state index contributed by atoms with van der Waals surface area (Å²) in [6.45, 7) is 2.71. The highest BCUT2D eigenvalue weighted by molar-refractivity contribution is 6.10. The third-order valence-electron chi connectivity index (χ3n) is 3.88. The molecule has 0 bridgehead atoms. The maximum atomic E-state index is 13.5. The lowest BCUT2D eigenvalue weighted by Gasteiger charge is -2.36. The summed E-state index contributed by atoms with van der Waals surface area (Å²) < 4.78 is 40.4. The van der Waals surface area contributed by atoms with Gasteiger partial charge in [0.05, 0.1) is 11.3 Å². The SMILES string of the molecule is CC(=O)N1CCN(c2ccc(NN=C(C#N)C#N)cc2C(F)(F)F)CC1. The van der Waals surface area contributed by atoms with Crippen LogP contribution >= 0.6 is 0 Å². The minimum Gasteiger partial charge on any atom is -0.367 e. The van der Waals surface area contributed by atoms with Crippen molar-refractivity contribution in [3.8, 4) is 12.1 Å². The summed E-state index contributed by atoms with van der Waals surface area (Å²) in [5, 5.41) is 20.7. The Morgan fingerprint density at radius 2 is 1.81 bits per heavy atom. The molecule has 2 rings (SSSR count). The van der Waals surface area contributed by atoms with E-state index in [0.717, 1.165) is 6.07 Å². The van der Waals surface area contributed by atoms with Crippen molar-refractivity contribution >= 4 is 23.0 Å². The molecule has 1 aromatic carbocycles. The van der Waals surface area contributed by atoms with Crippen LogP contribution in [0.15, 0.2) is 23.3 Å². The second kappa shape index (κ2) is 7.74. The summed E-state index contributed by atoms with van der Waals surface area (Å²) in [7, 11) is 0. The normalized spacial score (nSPS) is 14.2. The molecule has 0 atom stereocenters. The Morgan fingerprint density at radius 1 is 1.19 bits per heavy atom. The molecule has 1 fully saturated rings. The summed E-state index contributed by atoms with van der Waals surface area (Å²) >= 11 is 0. The zero-order valence-electron chi connectivity index (χ0n) is 13.8. The molecule has 26 heavy (non-hydrogen) atoms. The molecule has 1 heterocycles. The number of carbonyl (C=O) groups is 1. The fourth-order valence-electron chi connectivity index (χ4n) is 2.57. The Hall–Kier alpha value is -3.27. The molecule has 10 heteroatoms. The van der Waals surface area contributed by atoms with Gasteiger partial charge in [0.15, 0.2) is 0 Å². The molecule has 0 aliphatic carbocycles. The number of hydrazone groups is 1. The molecule has 1 aromatic rings. The summed E-state index contributed by atoms with van der Waals surface area (Å²) in [5.41, 5.74) is 0.945. The van der Waals surface area contributed by atoms with E-state index < -0.39 is 17.5 Å². The van der Waals surface area contributed by atoms with Crippen molar-refractivity contribution in [1.29, 1.82) is 10.5 Å². The molecule has 0 unspecified atom stereocenters. The topological polar surface area (TPSA) is 95.5 Å². The van der Waals surface area contributed by atoms with Gasteiger partial charge in [-0.15, -0.1) is 0 Å². The van der Waals surface area contributed by atoms with Crippen molar-refractivity contribution in [3.63, 3.8) is 0 Å². The van der Waals surface area contributed by atoms with Gasteiger partial charge in [-0.25, -0.2) is 0 Å². The molecule has 0 saturated carbocycles. The predicted molar refractivity (Wildman–Crippen MR) is 88.2 cm³/mol. The Bertz CT molecular complexity index is 782. The first-order chi connectivity index (χ1) is 12.3. The van der Waals surface area contributed by atoms with E-state index in [-0.39, 0.29) is 17.3 Å². The third kappa shape index (κ3) is 4.42. The van der Waals surface area contributed by atoms with Gasteiger partial charge in [0.1, 0.15) is 12.1 Å². The summed E-state index contributed by atoms with van der Waals surface area (Å²) in [4.78, 5) is 14.5. The number of nitrogens with zero attached hydrogens (tertiary/aromatic N) is 5. The Morgan fingerprint density at radius 3 is 2.31 bits per heavy atom. The number of anilines is 2. The molecular formula is C16H15F3N6O. The van der Waals surface area contributed by atoms with Gasteiger partial charge in [0.2, 0.25) is 11.6 Å². The molecule has 1 amide bonds. The van der Waals surface area contributed by atoms with Gasteiger partial charge < -0.3 is 9.80 Å². The minimum atomic E-state index is -4.60. The van der Waals surface area contributed by atoms with Crippen LogP contribution in [0.1, 0.15) is 12.5 Å². The first-order valence-corrected chi connectivity index (χ1v) is 7.62. The predicted octanol–water partition coefficient (Wildman–Crippen LogP) is 2.19. The van der Waals surface area contributed by atoms with Crippen LogP contribution in [0.5, 0.6) is 0 Å². The van der Waals surface area contributed by atoms with E-state index >= 15 is 0 Å². The number of hydrogen-bond acceptors (Lipinski definition) is 6. The molecule has 0 aromatic heterocycles. The highest BCUT2D eigenvalue weighted by Crippen LogP contribution is 2.38. The van der Waals surface area contributed by atoms with Gasteiger partial charge >= 0.3 is 6.18 Å². The fourth-order valence-corrected chi connectivity index (χ4v) is 2.57. The summed E-state index contributed by atoms with van der Waals surface area (Å²) in [6, 6.07) is 6.59. The van der Waals surface area contributed by atoms with Gasteiger partial charge in [-0.1, -0.05) is 0 Å². The molecule has 7 nitrogen and oxygen atoms in total. The average molecular weight is 364 g/mol. The van der Waals surface area contributed by atoms with Crippen LogP contribution in [0.3, 0.4) is 0 Å². The first-order valence-electron chi connectivity index (χ1n) is 7.62. The largest absolute Gasteiger partial charge is 0.418 e. The lowest BCUT2D eigenvalue weighted by molar-refractivity contribution is -0.137. The summed E-state index contributed by atoms with van der Waals surface area (Å²) in [6.07, 6.45) is -4.60. The highest BCUT2D eigenvalue weighted by atomic mass is 19.4. The molecule has 0 spiro atoms. The standard InChI is InChI=1S/C16H15F3N6O/c1-11(26)24-4-6-25(7-5-24)15-3-2-12(8-14(15)16(17,18)19)22-23-13(9-20)10-21/h2-3,8,22H,4-7H2,1H3. The van der Waals surface area contributed by atoms with Crippen LogP contribution in [0.25, 0.3) is 0 Å². The van der Waals surface area contributed by atoms with Crippen molar-refractivity contribution in [2.45, 2.75) is 13.1 Å². The van der Waals surface area contributed by atoms with E-state index in [2.05, 4.69) is 10.5 Å². The van der Waals surface area contributed by atoms with Crippen LogP contribution in [-0.4, -0.2) is 42.7 Å². The number of piperazine rings is 1. The summed E-state index contributed by atoms with van der Waals surface area (Å²) in [5.74, 6) is -0.108. The number of hydrogen-bond donors (Lipinski definition) is 1. The number of nitrogens with one attached hydrogen (secondary N) is 1. The molecule has 136 valence electrons. The van der Waals surface area contributed by atoms with Crippen LogP contribution < -0.4 is 10.3 Å². The molecule has 1 aliphatic rings. The van der Waals surface area contributed by atoms with Crippen molar-refractivity contribution in [2.75, 3.05) is 36.5 Å². The molecule has 1 N–H and O–H groups in total. The van der Waals surface area contributed by atoms with E-state index in [9.17, 15) is 18.0 Å². The second-order valence-corrected chi connectivity index (χ2v) is 5.52. The zero-order chi connectivity index (χ0) is 19.3. The van der Waals surface area contributed by atoms with Crippen LogP contribution in [-0.2, 0) is 11.0 Å². The molecular weight excluding hydrogens is 349 g/mol. The molecule has 0 radical (unpaired) electrons. The van der Waals surface area contributed by atoms with E-state index in [1.54, 1.807) is 9.80 Å². The monoisotopic (exact) mass is 364 g/mol. The Kier molecular flexibility index (Phi) is 5.68. The maximum Gasteiger partial charge on any atom is 0.418 e. The number of amides is 1.